The van der Waals surface area contributed by atoms with Crippen LogP contribution in [0.1, 0.15) is 26.3 Å². The Kier molecular flexibility index (Phi) is 4.76. The van der Waals surface area contributed by atoms with Gasteiger partial charge in [0, 0.05) is 5.54 Å². The second kappa shape index (κ2) is 6.84. The van der Waals surface area contributed by atoms with E-state index in [4.69, 9.17) is 0 Å². The van der Waals surface area contributed by atoms with Crippen molar-refractivity contribution >= 4 is 28.7 Å². The SMILES string of the molecule is Cc1ccc(-n2ncc3c(SCC(=O)NC(C)(C)C)ncnc32)cc1. The molecule has 0 saturated carbocycles. The molecule has 3 aromatic rings. The van der Waals surface area contributed by atoms with Crippen molar-refractivity contribution in [3.8, 4) is 5.69 Å². The molecule has 0 bridgehead atoms. The molecule has 1 amide bonds. The van der Waals surface area contributed by atoms with Crippen molar-refractivity contribution in [3.05, 3.63) is 42.4 Å². The molecule has 0 spiro atoms. The number of carbonyl (C=O) groups excluding carboxylic acids is 1. The van der Waals surface area contributed by atoms with E-state index in [0.29, 0.717) is 5.75 Å². The highest BCUT2D eigenvalue weighted by atomic mass is 32.2. The Labute approximate surface area is 151 Å². The molecule has 6 nitrogen and oxygen atoms in total. The largest absolute Gasteiger partial charge is 0.351 e. The van der Waals surface area contributed by atoms with Crippen LogP contribution in [0.5, 0.6) is 0 Å². The summed E-state index contributed by atoms with van der Waals surface area (Å²) in [5.41, 5.74) is 2.63. The predicted molar refractivity (Wildman–Crippen MR) is 100 cm³/mol. The molecule has 0 aliphatic rings. The normalized spacial score (nSPS) is 11.7. The summed E-state index contributed by atoms with van der Waals surface area (Å²) < 4.78 is 1.79. The molecule has 0 radical (unpaired) electrons. The lowest BCUT2D eigenvalue weighted by molar-refractivity contribution is -0.119. The lowest BCUT2D eigenvalue weighted by Gasteiger charge is -2.20. The van der Waals surface area contributed by atoms with Gasteiger partial charge in [0.05, 0.1) is 23.0 Å². The molecule has 0 fully saturated rings. The van der Waals surface area contributed by atoms with E-state index in [1.54, 1.807) is 10.9 Å². The summed E-state index contributed by atoms with van der Waals surface area (Å²) in [6.45, 7) is 7.93. The summed E-state index contributed by atoms with van der Waals surface area (Å²) in [5, 5.41) is 8.99. The summed E-state index contributed by atoms with van der Waals surface area (Å²) in [5.74, 6) is 0.286. The zero-order valence-corrected chi connectivity index (χ0v) is 15.6. The van der Waals surface area contributed by atoms with Crippen molar-refractivity contribution in [1.82, 2.24) is 25.1 Å². The number of nitrogens with one attached hydrogen (secondary N) is 1. The van der Waals surface area contributed by atoms with Crippen molar-refractivity contribution in [3.63, 3.8) is 0 Å². The lowest BCUT2D eigenvalue weighted by atomic mass is 10.1. The molecule has 1 aromatic carbocycles. The first-order valence-electron chi connectivity index (χ1n) is 8.03. The zero-order valence-electron chi connectivity index (χ0n) is 14.8. The van der Waals surface area contributed by atoms with Crippen LogP contribution in [0, 0.1) is 6.92 Å². The average molecular weight is 355 g/mol. The maximum Gasteiger partial charge on any atom is 0.230 e. The van der Waals surface area contributed by atoms with Gasteiger partial charge >= 0.3 is 0 Å². The number of hydrogen-bond donors (Lipinski definition) is 1. The molecule has 7 heteroatoms. The zero-order chi connectivity index (χ0) is 18.0. The molecule has 0 unspecified atom stereocenters. The predicted octanol–water partition coefficient (Wildman–Crippen LogP) is 3.13. The fourth-order valence-electron chi connectivity index (χ4n) is 2.40. The fraction of sp³-hybridized carbons (Fsp3) is 0.333. The van der Waals surface area contributed by atoms with Crippen molar-refractivity contribution in [2.24, 2.45) is 0 Å². The van der Waals surface area contributed by atoms with Gasteiger partial charge in [-0.15, -0.1) is 0 Å². The number of amides is 1. The van der Waals surface area contributed by atoms with Gasteiger partial charge in [0.2, 0.25) is 5.91 Å². The Morgan fingerprint density at radius 1 is 1.20 bits per heavy atom. The Morgan fingerprint density at radius 3 is 2.60 bits per heavy atom. The third-order valence-corrected chi connectivity index (χ3v) is 4.47. The highest BCUT2D eigenvalue weighted by Crippen LogP contribution is 2.25. The smallest absolute Gasteiger partial charge is 0.230 e. The third-order valence-electron chi connectivity index (χ3n) is 3.46. The van der Waals surface area contributed by atoms with Crippen LogP contribution in [0.3, 0.4) is 0 Å². The molecule has 2 heterocycles. The number of benzene rings is 1. The average Bonchev–Trinajstić information content (AvgIpc) is 2.96. The van der Waals surface area contributed by atoms with E-state index in [9.17, 15) is 4.79 Å². The van der Waals surface area contributed by atoms with E-state index in [0.717, 1.165) is 21.7 Å². The molecule has 25 heavy (non-hydrogen) atoms. The van der Waals surface area contributed by atoms with E-state index in [2.05, 4.69) is 20.4 Å². The van der Waals surface area contributed by atoms with Crippen LogP contribution in [0.2, 0.25) is 0 Å². The molecule has 0 aliphatic heterocycles. The fourth-order valence-corrected chi connectivity index (χ4v) is 3.16. The molecule has 3 rings (SSSR count). The van der Waals surface area contributed by atoms with Crippen LogP contribution in [0.25, 0.3) is 16.7 Å². The minimum Gasteiger partial charge on any atom is -0.351 e. The van der Waals surface area contributed by atoms with Crippen LogP contribution in [0.15, 0.2) is 41.8 Å². The molecular formula is C18H21N5OS. The van der Waals surface area contributed by atoms with Crippen molar-refractivity contribution in [2.75, 3.05) is 5.75 Å². The summed E-state index contributed by atoms with van der Waals surface area (Å²) in [4.78, 5) is 20.7. The maximum absolute atomic E-state index is 12.0. The van der Waals surface area contributed by atoms with Gasteiger partial charge in [-0.3, -0.25) is 4.79 Å². The van der Waals surface area contributed by atoms with E-state index >= 15 is 0 Å². The van der Waals surface area contributed by atoms with Gasteiger partial charge in [0.1, 0.15) is 11.4 Å². The van der Waals surface area contributed by atoms with Gasteiger partial charge < -0.3 is 5.32 Å². The molecule has 0 saturated heterocycles. The number of rotatable bonds is 4. The van der Waals surface area contributed by atoms with Crippen LogP contribution in [0.4, 0.5) is 0 Å². The van der Waals surface area contributed by atoms with Crippen molar-refractivity contribution in [1.29, 1.82) is 0 Å². The number of fused-ring (bicyclic) bond motifs is 1. The van der Waals surface area contributed by atoms with Crippen LogP contribution < -0.4 is 5.32 Å². The van der Waals surface area contributed by atoms with Gasteiger partial charge in [-0.1, -0.05) is 29.5 Å². The Hall–Kier alpha value is -2.41. The van der Waals surface area contributed by atoms with E-state index in [1.807, 2.05) is 52.0 Å². The molecular weight excluding hydrogens is 334 g/mol. The molecule has 0 atom stereocenters. The number of thioether (sulfide) groups is 1. The second-order valence-corrected chi connectivity index (χ2v) is 7.86. The quantitative estimate of drug-likeness (QED) is 0.575. The highest BCUT2D eigenvalue weighted by Gasteiger charge is 2.16. The number of nitrogens with zero attached hydrogens (tertiary/aromatic N) is 4. The lowest BCUT2D eigenvalue weighted by Crippen LogP contribution is -2.41. The number of aromatic nitrogens is 4. The minimum atomic E-state index is -0.241. The number of hydrogen-bond acceptors (Lipinski definition) is 5. The Morgan fingerprint density at radius 2 is 1.92 bits per heavy atom. The first kappa shape index (κ1) is 17.4. The second-order valence-electron chi connectivity index (χ2n) is 6.89. The summed E-state index contributed by atoms with van der Waals surface area (Å²) in [7, 11) is 0. The summed E-state index contributed by atoms with van der Waals surface area (Å²) >= 11 is 1.39. The molecule has 0 aliphatic carbocycles. The van der Waals surface area contributed by atoms with Crippen molar-refractivity contribution < 1.29 is 4.79 Å². The Balaban J connectivity index is 1.84. The number of carbonyl (C=O) groups is 1. The van der Waals surface area contributed by atoms with Gasteiger partial charge in [-0.2, -0.15) is 5.10 Å². The summed E-state index contributed by atoms with van der Waals surface area (Å²) in [6, 6.07) is 8.09. The first-order chi connectivity index (χ1) is 11.8. The molecule has 2 aromatic heterocycles. The topological polar surface area (TPSA) is 72.7 Å². The molecule has 130 valence electrons. The van der Waals surface area contributed by atoms with Crippen LogP contribution in [-0.4, -0.2) is 36.9 Å². The van der Waals surface area contributed by atoms with E-state index in [-0.39, 0.29) is 11.4 Å². The molecule has 1 N–H and O–H groups in total. The van der Waals surface area contributed by atoms with E-state index in [1.165, 1.54) is 23.7 Å². The van der Waals surface area contributed by atoms with Crippen molar-refractivity contribution in [2.45, 2.75) is 38.3 Å². The minimum absolute atomic E-state index is 0.0183. The highest BCUT2D eigenvalue weighted by molar-refractivity contribution is 8.00. The van der Waals surface area contributed by atoms with Gasteiger partial charge in [-0.25, -0.2) is 14.6 Å². The first-order valence-corrected chi connectivity index (χ1v) is 9.02. The Bertz CT molecular complexity index is 896. The van der Waals surface area contributed by atoms with Crippen LogP contribution in [-0.2, 0) is 4.79 Å². The van der Waals surface area contributed by atoms with Crippen LogP contribution >= 0.6 is 11.8 Å². The van der Waals surface area contributed by atoms with Gasteiger partial charge in [0.15, 0.2) is 5.65 Å². The van der Waals surface area contributed by atoms with E-state index < -0.39 is 0 Å². The standard InChI is InChI=1S/C18H21N5OS/c1-12-5-7-13(8-6-12)23-16-14(9-21-23)17(20-11-19-16)25-10-15(24)22-18(2,3)4/h5-9,11H,10H2,1-4H3,(H,22,24). The monoisotopic (exact) mass is 355 g/mol. The van der Waals surface area contributed by atoms with Gasteiger partial charge in [0.25, 0.3) is 0 Å². The maximum atomic E-state index is 12.0. The third kappa shape index (κ3) is 4.17. The summed E-state index contributed by atoms with van der Waals surface area (Å²) in [6.07, 6.45) is 3.26. The number of aryl methyl sites for hydroxylation is 1. The van der Waals surface area contributed by atoms with Gasteiger partial charge in [-0.05, 0) is 39.8 Å².